The van der Waals surface area contributed by atoms with E-state index in [-0.39, 0.29) is 18.2 Å². The Balaban J connectivity index is 2.48. The number of amides is 1. The summed E-state index contributed by atoms with van der Waals surface area (Å²) in [4.78, 5) is 13.2. The van der Waals surface area contributed by atoms with Gasteiger partial charge >= 0.3 is 6.09 Å². The van der Waals surface area contributed by atoms with Crippen molar-refractivity contribution in [3.63, 3.8) is 0 Å². The molecule has 0 aliphatic carbocycles. The molecule has 4 heteroatoms. The third-order valence-corrected chi connectivity index (χ3v) is 2.79. The highest BCUT2D eigenvalue weighted by atomic mass is 16.6. The Kier molecular flexibility index (Phi) is 4.88. The number of carbonyl (C=O) groups is 1. The number of unbranched alkanes of at least 4 members (excludes halogenated alkanes) is 1. The van der Waals surface area contributed by atoms with Crippen molar-refractivity contribution in [1.29, 1.82) is 0 Å². The third-order valence-electron chi connectivity index (χ3n) is 2.79. The largest absolute Gasteiger partial charge is 0.450 e. The molecule has 1 saturated heterocycles. The zero-order chi connectivity index (χ0) is 11.3. The number of ether oxygens (including phenoxy) is 1. The van der Waals surface area contributed by atoms with Crippen molar-refractivity contribution >= 4 is 6.09 Å². The van der Waals surface area contributed by atoms with E-state index in [2.05, 4.69) is 6.92 Å². The highest BCUT2D eigenvalue weighted by Gasteiger charge is 2.34. The van der Waals surface area contributed by atoms with Crippen molar-refractivity contribution in [2.24, 2.45) is 0 Å². The van der Waals surface area contributed by atoms with Crippen LogP contribution < -0.4 is 0 Å². The summed E-state index contributed by atoms with van der Waals surface area (Å²) >= 11 is 0. The van der Waals surface area contributed by atoms with Gasteiger partial charge in [-0.1, -0.05) is 19.8 Å². The van der Waals surface area contributed by atoms with Gasteiger partial charge in [0.25, 0.3) is 0 Å². The first-order valence-corrected chi connectivity index (χ1v) is 5.80. The van der Waals surface area contributed by atoms with Crippen molar-refractivity contribution < 1.29 is 14.6 Å². The number of hydrogen-bond donors (Lipinski definition) is 1. The summed E-state index contributed by atoms with van der Waals surface area (Å²) in [6, 6.07) is 0.166. The first-order valence-electron chi connectivity index (χ1n) is 5.80. The lowest BCUT2D eigenvalue weighted by Gasteiger charge is -2.23. The van der Waals surface area contributed by atoms with Gasteiger partial charge in [0.2, 0.25) is 0 Å². The fourth-order valence-corrected chi connectivity index (χ4v) is 2.04. The minimum atomic E-state index is -0.378. The van der Waals surface area contributed by atoms with E-state index in [0.29, 0.717) is 19.6 Å². The highest BCUT2D eigenvalue weighted by Crippen LogP contribution is 2.23. The molecule has 15 heavy (non-hydrogen) atoms. The van der Waals surface area contributed by atoms with Crippen LogP contribution >= 0.6 is 0 Å². The summed E-state index contributed by atoms with van der Waals surface area (Å²) in [5.41, 5.74) is 0. The lowest BCUT2D eigenvalue weighted by molar-refractivity contribution is 0.0962. The van der Waals surface area contributed by atoms with Crippen molar-refractivity contribution in [1.82, 2.24) is 4.90 Å². The second kappa shape index (κ2) is 5.95. The molecule has 1 heterocycles. The zero-order valence-corrected chi connectivity index (χ0v) is 9.61. The van der Waals surface area contributed by atoms with Gasteiger partial charge in [0.05, 0.1) is 19.3 Å². The van der Waals surface area contributed by atoms with Gasteiger partial charge in [-0.15, -0.1) is 0 Å². The maximum Gasteiger partial charge on any atom is 0.410 e. The summed E-state index contributed by atoms with van der Waals surface area (Å²) < 4.78 is 4.96. The van der Waals surface area contributed by atoms with Gasteiger partial charge in [-0.05, 0) is 19.8 Å². The molecular weight excluding hydrogens is 194 g/mol. The number of carbonyl (C=O) groups excluding carboxylic acids is 1. The molecule has 0 spiro atoms. The molecule has 2 unspecified atom stereocenters. The predicted molar refractivity (Wildman–Crippen MR) is 57.7 cm³/mol. The second-order valence-corrected chi connectivity index (χ2v) is 4.04. The summed E-state index contributed by atoms with van der Waals surface area (Å²) in [5, 5.41) is 9.54. The van der Waals surface area contributed by atoms with Crippen molar-refractivity contribution in [2.75, 3.05) is 13.2 Å². The first-order chi connectivity index (χ1) is 7.19. The number of likely N-dealkylation sites (tertiary alicyclic amines) is 1. The number of aliphatic hydroxyl groups excluding tert-OH is 1. The Hall–Kier alpha value is -0.770. The highest BCUT2D eigenvalue weighted by molar-refractivity contribution is 5.68. The summed E-state index contributed by atoms with van der Waals surface area (Å²) in [6.45, 7) is 4.74. The van der Waals surface area contributed by atoms with Gasteiger partial charge in [-0.2, -0.15) is 0 Å². The summed E-state index contributed by atoms with van der Waals surface area (Å²) in [7, 11) is 0. The van der Waals surface area contributed by atoms with E-state index < -0.39 is 0 Å². The molecule has 0 radical (unpaired) electrons. The molecule has 0 bridgehead atoms. The van der Waals surface area contributed by atoms with E-state index >= 15 is 0 Å². The molecule has 88 valence electrons. The van der Waals surface area contributed by atoms with E-state index in [1.54, 1.807) is 11.8 Å². The number of β-amino-alcohol motifs (C(OH)–C–C–N with tert-alkyl or cyclic N) is 1. The Morgan fingerprint density at radius 3 is 2.87 bits per heavy atom. The molecule has 1 fully saturated rings. The fraction of sp³-hybridized carbons (Fsp3) is 0.909. The van der Waals surface area contributed by atoms with Crippen LogP contribution in [0.4, 0.5) is 4.79 Å². The average Bonchev–Trinajstić information content (AvgIpc) is 2.57. The Bertz CT molecular complexity index is 208. The van der Waals surface area contributed by atoms with Crippen LogP contribution in [0.5, 0.6) is 0 Å². The van der Waals surface area contributed by atoms with Gasteiger partial charge < -0.3 is 14.7 Å². The predicted octanol–water partition coefficient (Wildman–Crippen LogP) is 1.77. The van der Waals surface area contributed by atoms with Crippen LogP contribution in [-0.2, 0) is 4.74 Å². The molecule has 4 nitrogen and oxygen atoms in total. The van der Waals surface area contributed by atoms with E-state index in [0.717, 1.165) is 19.3 Å². The minimum Gasteiger partial charge on any atom is -0.450 e. The van der Waals surface area contributed by atoms with Gasteiger partial charge in [-0.25, -0.2) is 4.79 Å². The van der Waals surface area contributed by atoms with Gasteiger partial charge in [0.1, 0.15) is 0 Å². The maximum atomic E-state index is 11.6. The number of rotatable bonds is 4. The lowest BCUT2D eigenvalue weighted by atomic mass is 10.1. The standard InChI is InChI=1S/C11H21NO3/c1-3-5-6-9-7-10(13)8-12(9)11(14)15-4-2/h9-10,13H,3-8H2,1-2H3. The summed E-state index contributed by atoms with van der Waals surface area (Å²) in [6.07, 6.45) is 3.20. The van der Waals surface area contributed by atoms with Gasteiger partial charge in [0.15, 0.2) is 0 Å². The van der Waals surface area contributed by atoms with Gasteiger partial charge in [-0.3, -0.25) is 0 Å². The van der Waals surface area contributed by atoms with Crippen LogP contribution in [0.15, 0.2) is 0 Å². The third kappa shape index (κ3) is 3.38. The van der Waals surface area contributed by atoms with Crippen LogP contribution in [0.3, 0.4) is 0 Å². The fourth-order valence-electron chi connectivity index (χ4n) is 2.04. The molecule has 1 N–H and O–H groups in total. The molecule has 1 amide bonds. The van der Waals surface area contributed by atoms with Crippen LogP contribution in [0.1, 0.15) is 39.5 Å². The van der Waals surface area contributed by atoms with Crippen molar-refractivity contribution in [3.05, 3.63) is 0 Å². The SMILES string of the molecule is CCCCC1CC(O)CN1C(=O)OCC. The van der Waals surface area contributed by atoms with E-state index in [4.69, 9.17) is 4.74 Å². The Labute approximate surface area is 91.2 Å². The summed E-state index contributed by atoms with van der Waals surface area (Å²) in [5.74, 6) is 0. The molecule has 2 atom stereocenters. The van der Waals surface area contributed by atoms with Gasteiger partial charge in [0, 0.05) is 6.04 Å². The normalized spacial score (nSPS) is 25.7. The molecule has 0 aromatic heterocycles. The van der Waals surface area contributed by atoms with Crippen molar-refractivity contribution in [2.45, 2.75) is 51.7 Å². The second-order valence-electron chi connectivity index (χ2n) is 4.04. The minimum absolute atomic E-state index is 0.166. The molecular formula is C11H21NO3. The van der Waals surface area contributed by atoms with Crippen LogP contribution in [-0.4, -0.2) is 41.4 Å². The topological polar surface area (TPSA) is 49.8 Å². The number of nitrogens with zero attached hydrogens (tertiary/aromatic N) is 1. The van der Waals surface area contributed by atoms with Crippen LogP contribution in [0.2, 0.25) is 0 Å². The smallest absolute Gasteiger partial charge is 0.410 e. The number of aliphatic hydroxyl groups is 1. The maximum absolute atomic E-state index is 11.6. The quantitative estimate of drug-likeness (QED) is 0.777. The average molecular weight is 215 g/mol. The Morgan fingerprint density at radius 2 is 2.27 bits per heavy atom. The van der Waals surface area contributed by atoms with E-state index in [1.807, 2.05) is 0 Å². The Morgan fingerprint density at radius 1 is 1.53 bits per heavy atom. The molecule has 1 rings (SSSR count). The monoisotopic (exact) mass is 215 g/mol. The lowest BCUT2D eigenvalue weighted by Crippen LogP contribution is -2.36. The molecule has 1 aliphatic rings. The van der Waals surface area contributed by atoms with E-state index in [9.17, 15) is 9.90 Å². The molecule has 1 aliphatic heterocycles. The zero-order valence-electron chi connectivity index (χ0n) is 9.61. The van der Waals surface area contributed by atoms with Crippen molar-refractivity contribution in [3.8, 4) is 0 Å². The molecule has 0 saturated carbocycles. The number of hydrogen-bond acceptors (Lipinski definition) is 3. The van der Waals surface area contributed by atoms with Crippen LogP contribution in [0.25, 0.3) is 0 Å². The molecule has 0 aromatic carbocycles. The molecule has 0 aromatic rings. The van der Waals surface area contributed by atoms with E-state index in [1.165, 1.54) is 0 Å². The first kappa shape index (κ1) is 12.3. The van der Waals surface area contributed by atoms with Crippen LogP contribution in [0, 0.1) is 0 Å².